The molecule has 1 fully saturated rings. The molecule has 0 atom stereocenters. The minimum absolute atomic E-state index is 0.419. The first kappa shape index (κ1) is 15.8. The van der Waals surface area contributed by atoms with E-state index in [0.29, 0.717) is 18.0 Å². The lowest BCUT2D eigenvalue weighted by Crippen LogP contribution is -2.42. The molecule has 20 heavy (non-hydrogen) atoms. The van der Waals surface area contributed by atoms with Gasteiger partial charge in [0.05, 0.1) is 0 Å². The summed E-state index contributed by atoms with van der Waals surface area (Å²) < 4.78 is 0. The van der Waals surface area contributed by atoms with Crippen molar-refractivity contribution in [1.82, 2.24) is 4.90 Å². The molecule has 2 rings (SSSR count). The van der Waals surface area contributed by atoms with Crippen LogP contribution >= 0.6 is 11.6 Å². The van der Waals surface area contributed by atoms with Crippen molar-refractivity contribution in [2.45, 2.75) is 58.2 Å². The summed E-state index contributed by atoms with van der Waals surface area (Å²) >= 11 is 5.97. The average molecular weight is 295 g/mol. The van der Waals surface area contributed by atoms with Gasteiger partial charge in [-0.25, -0.2) is 0 Å². The molecule has 1 aliphatic rings. The molecular weight excluding hydrogens is 268 g/mol. The molecule has 1 aromatic carbocycles. The first-order valence-corrected chi connectivity index (χ1v) is 8.16. The largest absolute Gasteiger partial charge is 0.328 e. The van der Waals surface area contributed by atoms with Crippen LogP contribution in [-0.2, 0) is 6.54 Å². The molecule has 0 aliphatic heterocycles. The van der Waals surface area contributed by atoms with E-state index >= 15 is 0 Å². The van der Waals surface area contributed by atoms with Crippen molar-refractivity contribution in [2.75, 3.05) is 6.54 Å². The van der Waals surface area contributed by atoms with Crippen molar-refractivity contribution >= 4 is 11.6 Å². The standard InChI is InChI=1S/C17H27ClN2/c1-13(2)11-20(17-9-7-16(19)8-10-17)12-14-3-5-15(18)6-4-14/h3-6,13,16-17H,7-12,19H2,1-2H3. The maximum Gasteiger partial charge on any atom is 0.0406 e. The summed E-state index contributed by atoms with van der Waals surface area (Å²) in [5.41, 5.74) is 7.39. The van der Waals surface area contributed by atoms with E-state index in [4.69, 9.17) is 17.3 Å². The van der Waals surface area contributed by atoms with Crippen LogP contribution in [0.25, 0.3) is 0 Å². The SMILES string of the molecule is CC(C)CN(Cc1ccc(Cl)cc1)C1CCC(N)CC1. The molecule has 0 radical (unpaired) electrons. The van der Waals surface area contributed by atoms with Crippen LogP contribution < -0.4 is 5.73 Å². The predicted octanol–water partition coefficient (Wildman–Crippen LogP) is 4.07. The van der Waals surface area contributed by atoms with Crippen molar-refractivity contribution in [3.05, 3.63) is 34.9 Å². The second-order valence-electron chi connectivity index (χ2n) is 6.52. The minimum Gasteiger partial charge on any atom is -0.328 e. The van der Waals surface area contributed by atoms with Crippen LogP contribution in [0.5, 0.6) is 0 Å². The summed E-state index contributed by atoms with van der Waals surface area (Å²) in [7, 11) is 0. The van der Waals surface area contributed by atoms with Crippen LogP contribution in [0.1, 0.15) is 45.1 Å². The van der Waals surface area contributed by atoms with Gasteiger partial charge in [-0.05, 0) is 49.3 Å². The van der Waals surface area contributed by atoms with Crippen LogP contribution in [0.15, 0.2) is 24.3 Å². The summed E-state index contributed by atoms with van der Waals surface area (Å²) in [5.74, 6) is 0.693. The number of hydrogen-bond acceptors (Lipinski definition) is 2. The van der Waals surface area contributed by atoms with E-state index in [1.165, 1.54) is 31.2 Å². The average Bonchev–Trinajstić information content (AvgIpc) is 2.41. The fourth-order valence-electron chi connectivity index (χ4n) is 3.10. The molecule has 0 aromatic heterocycles. The summed E-state index contributed by atoms with van der Waals surface area (Å²) in [4.78, 5) is 2.64. The zero-order valence-corrected chi connectivity index (χ0v) is 13.4. The zero-order valence-electron chi connectivity index (χ0n) is 12.7. The third-order valence-corrected chi connectivity index (χ3v) is 4.41. The Morgan fingerprint density at radius 2 is 1.75 bits per heavy atom. The van der Waals surface area contributed by atoms with Gasteiger partial charge in [0.1, 0.15) is 0 Å². The van der Waals surface area contributed by atoms with E-state index in [1.54, 1.807) is 0 Å². The lowest BCUT2D eigenvalue weighted by atomic mass is 9.90. The molecule has 1 aromatic rings. The van der Waals surface area contributed by atoms with Crippen molar-refractivity contribution in [1.29, 1.82) is 0 Å². The summed E-state index contributed by atoms with van der Waals surface area (Å²) in [6, 6.07) is 9.37. The first-order valence-electron chi connectivity index (χ1n) is 7.78. The van der Waals surface area contributed by atoms with Gasteiger partial charge >= 0.3 is 0 Å². The molecule has 2 N–H and O–H groups in total. The maximum absolute atomic E-state index is 6.03. The van der Waals surface area contributed by atoms with E-state index in [1.807, 2.05) is 12.1 Å². The van der Waals surface area contributed by atoms with Crippen molar-refractivity contribution in [3.63, 3.8) is 0 Å². The molecular formula is C17H27ClN2. The fourth-order valence-corrected chi connectivity index (χ4v) is 3.23. The Hall–Kier alpha value is -0.570. The summed E-state index contributed by atoms with van der Waals surface area (Å²) in [6.45, 7) is 6.77. The quantitative estimate of drug-likeness (QED) is 0.887. The van der Waals surface area contributed by atoms with Gasteiger partial charge in [-0.3, -0.25) is 4.90 Å². The molecule has 1 aliphatic carbocycles. The molecule has 0 spiro atoms. The Morgan fingerprint density at radius 3 is 2.30 bits per heavy atom. The summed E-state index contributed by atoms with van der Waals surface area (Å²) in [5, 5.41) is 0.813. The fraction of sp³-hybridized carbons (Fsp3) is 0.647. The highest BCUT2D eigenvalue weighted by atomic mass is 35.5. The smallest absolute Gasteiger partial charge is 0.0406 e. The lowest BCUT2D eigenvalue weighted by molar-refractivity contribution is 0.127. The van der Waals surface area contributed by atoms with Crippen LogP contribution in [0.3, 0.4) is 0 Å². The Balaban J connectivity index is 2.01. The highest BCUT2D eigenvalue weighted by molar-refractivity contribution is 6.30. The predicted molar refractivity (Wildman–Crippen MR) is 86.9 cm³/mol. The van der Waals surface area contributed by atoms with E-state index in [-0.39, 0.29) is 0 Å². The minimum atomic E-state index is 0.419. The van der Waals surface area contributed by atoms with Gasteiger partial charge < -0.3 is 5.73 Å². The molecule has 2 nitrogen and oxygen atoms in total. The van der Waals surface area contributed by atoms with E-state index in [0.717, 1.165) is 18.1 Å². The molecule has 0 amide bonds. The van der Waals surface area contributed by atoms with E-state index < -0.39 is 0 Å². The second kappa shape index (κ2) is 7.44. The molecule has 0 bridgehead atoms. The van der Waals surface area contributed by atoms with Gasteiger partial charge in [0.15, 0.2) is 0 Å². The lowest BCUT2D eigenvalue weighted by Gasteiger charge is -2.37. The Labute approximate surface area is 128 Å². The number of benzene rings is 1. The van der Waals surface area contributed by atoms with E-state index in [2.05, 4.69) is 30.9 Å². The van der Waals surface area contributed by atoms with Gasteiger partial charge in [-0.2, -0.15) is 0 Å². The van der Waals surface area contributed by atoms with Gasteiger partial charge in [0, 0.05) is 30.2 Å². The third-order valence-electron chi connectivity index (χ3n) is 4.16. The topological polar surface area (TPSA) is 29.3 Å². The Bertz CT molecular complexity index is 394. The molecule has 3 heteroatoms. The Kier molecular flexibility index (Phi) is 5.88. The molecule has 1 saturated carbocycles. The zero-order chi connectivity index (χ0) is 14.5. The van der Waals surface area contributed by atoms with E-state index in [9.17, 15) is 0 Å². The van der Waals surface area contributed by atoms with Gasteiger partial charge in [-0.1, -0.05) is 37.6 Å². The van der Waals surface area contributed by atoms with Crippen LogP contribution in [0, 0.1) is 5.92 Å². The monoisotopic (exact) mass is 294 g/mol. The third kappa shape index (κ3) is 4.76. The second-order valence-corrected chi connectivity index (χ2v) is 6.95. The molecule has 0 heterocycles. The number of nitrogens with two attached hydrogens (primary N) is 1. The number of rotatable bonds is 5. The molecule has 0 saturated heterocycles. The van der Waals surface area contributed by atoms with Crippen molar-refractivity contribution in [2.24, 2.45) is 11.7 Å². The van der Waals surface area contributed by atoms with Crippen molar-refractivity contribution in [3.8, 4) is 0 Å². The van der Waals surface area contributed by atoms with Gasteiger partial charge in [0.25, 0.3) is 0 Å². The summed E-state index contributed by atoms with van der Waals surface area (Å²) in [6.07, 6.45) is 4.81. The highest BCUT2D eigenvalue weighted by Gasteiger charge is 2.24. The van der Waals surface area contributed by atoms with Crippen molar-refractivity contribution < 1.29 is 0 Å². The van der Waals surface area contributed by atoms with Crippen LogP contribution in [-0.4, -0.2) is 23.5 Å². The van der Waals surface area contributed by atoms with Crippen LogP contribution in [0.4, 0.5) is 0 Å². The Morgan fingerprint density at radius 1 is 1.15 bits per heavy atom. The first-order chi connectivity index (χ1) is 9.54. The highest BCUT2D eigenvalue weighted by Crippen LogP contribution is 2.25. The van der Waals surface area contributed by atoms with Gasteiger partial charge in [0.2, 0.25) is 0 Å². The normalized spacial score (nSPS) is 23.5. The molecule has 112 valence electrons. The van der Waals surface area contributed by atoms with Gasteiger partial charge in [-0.15, -0.1) is 0 Å². The number of hydrogen-bond donors (Lipinski definition) is 1. The molecule has 0 unspecified atom stereocenters. The number of nitrogens with zero attached hydrogens (tertiary/aromatic N) is 1. The van der Waals surface area contributed by atoms with Crippen LogP contribution in [0.2, 0.25) is 5.02 Å². The maximum atomic E-state index is 6.03. The number of halogens is 1.